The molecule has 0 spiro atoms. The van der Waals surface area contributed by atoms with Crippen LogP contribution in [0, 0.1) is 0 Å². The maximum absolute atomic E-state index is 13.0. The Balaban J connectivity index is 0.00000301. The number of anilines is 2. The predicted octanol–water partition coefficient (Wildman–Crippen LogP) is 3.00. The van der Waals surface area contributed by atoms with E-state index in [0.717, 1.165) is 16.9 Å². The molecule has 0 radical (unpaired) electrons. The van der Waals surface area contributed by atoms with Gasteiger partial charge in [-0.2, -0.15) is 0 Å². The van der Waals surface area contributed by atoms with Crippen molar-refractivity contribution in [2.75, 3.05) is 24.6 Å². The summed E-state index contributed by atoms with van der Waals surface area (Å²) in [5.41, 5.74) is 12.4. The van der Waals surface area contributed by atoms with Crippen molar-refractivity contribution in [1.82, 2.24) is 25.2 Å². The number of aromatic nitrogens is 4. The third-order valence-corrected chi connectivity index (χ3v) is 6.07. The fraction of sp³-hybridized carbons (Fsp3) is 0.500. The average Bonchev–Trinajstić information content (AvgIpc) is 3.23. The average molecular weight is 606 g/mol. The summed E-state index contributed by atoms with van der Waals surface area (Å²) in [6.07, 6.45) is 0. The first-order valence-corrected chi connectivity index (χ1v) is 14.3. The lowest BCUT2D eigenvalue weighted by Gasteiger charge is -2.19. The minimum Gasteiger partial charge on any atom is -0.481 e. The van der Waals surface area contributed by atoms with E-state index in [0.29, 0.717) is 19.6 Å². The summed E-state index contributed by atoms with van der Waals surface area (Å²) < 4.78 is 15.1. The van der Waals surface area contributed by atoms with E-state index in [9.17, 15) is 14.4 Å². The molecular formula is C28H42ClN8O5+. The van der Waals surface area contributed by atoms with E-state index < -0.39 is 17.5 Å². The molecule has 13 nitrogen and oxygen atoms in total. The second kappa shape index (κ2) is 14.7. The molecule has 0 atom stereocenters. The molecule has 14 heteroatoms. The van der Waals surface area contributed by atoms with Crippen LogP contribution in [0.25, 0.3) is 11.0 Å². The summed E-state index contributed by atoms with van der Waals surface area (Å²) in [7, 11) is 0. The molecule has 0 aliphatic heterocycles. The number of fused-ring (bicyclic) bond motifs is 1. The number of amides is 2. The van der Waals surface area contributed by atoms with Gasteiger partial charge in [-0.3, -0.25) is 9.59 Å². The Morgan fingerprint density at radius 2 is 1.69 bits per heavy atom. The van der Waals surface area contributed by atoms with Crippen LogP contribution in [0.3, 0.4) is 0 Å². The highest BCUT2D eigenvalue weighted by molar-refractivity contribution is 6.31. The fourth-order valence-electron chi connectivity index (χ4n) is 4.22. The third kappa shape index (κ3) is 7.99. The number of rotatable bonds is 10. The zero-order valence-electron chi connectivity index (χ0n) is 25.6. The number of hydrogen-bond acceptors (Lipinski definition) is 9. The Kier molecular flexibility index (Phi) is 11.9. The van der Waals surface area contributed by atoms with Gasteiger partial charge in [0.1, 0.15) is 17.9 Å². The van der Waals surface area contributed by atoms with E-state index in [2.05, 4.69) is 20.6 Å². The van der Waals surface area contributed by atoms with Crippen LogP contribution in [0.5, 0.6) is 5.75 Å². The maximum Gasteiger partial charge on any atom is 0.344 e. The van der Waals surface area contributed by atoms with Crippen LogP contribution in [0.15, 0.2) is 12.1 Å². The number of ether oxygens (including phenoxy) is 2. The topological polar surface area (TPSA) is 180 Å². The third-order valence-electron chi connectivity index (χ3n) is 5.79. The molecule has 3 rings (SSSR count). The van der Waals surface area contributed by atoms with Gasteiger partial charge in [0.15, 0.2) is 40.1 Å². The van der Waals surface area contributed by atoms with Gasteiger partial charge in [-0.25, -0.2) is 23.9 Å². The van der Waals surface area contributed by atoms with Gasteiger partial charge in [-0.05, 0) is 41.5 Å². The smallest absolute Gasteiger partial charge is 0.344 e. The molecule has 0 unspecified atom stereocenters. The summed E-state index contributed by atoms with van der Waals surface area (Å²) in [5.74, 6) is -0.720. The normalized spacial score (nSPS) is 11.0. The number of benzene rings is 1. The summed E-state index contributed by atoms with van der Waals surface area (Å²) in [4.78, 5) is 46.0. The number of halogens is 1. The molecule has 230 valence electrons. The van der Waals surface area contributed by atoms with Crippen molar-refractivity contribution in [3.8, 4) is 5.75 Å². The molecule has 2 amide bonds. The summed E-state index contributed by atoms with van der Waals surface area (Å²) in [5, 5.41) is 5.48. The minimum atomic E-state index is -0.677. The summed E-state index contributed by atoms with van der Waals surface area (Å²) >= 11 is 5.93. The van der Waals surface area contributed by atoms with Crippen LogP contribution in [-0.2, 0) is 29.2 Å². The van der Waals surface area contributed by atoms with Crippen molar-refractivity contribution < 1.29 is 28.4 Å². The van der Waals surface area contributed by atoms with Gasteiger partial charge in [0.05, 0.1) is 18.7 Å². The molecule has 0 aliphatic rings. The van der Waals surface area contributed by atoms with Gasteiger partial charge in [0.2, 0.25) is 0 Å². The number of nitrogens with zero attached hydrogens (tertiary/aromatic N) is 4. The minimum absolute atomic E-state index is 0.0711. The van der Waals surface area contributed by atoms with E-state index in [1.807, 2.05) is 43.8 Å². The molecule has 2 aromatic heterocycles. The van der Waals surface area contributed by atoms with Gasteiger partial charge < -0.3 is 31.6 Å². The molecule has 0 saturated carbocycles. The molecule has 1 aromatic carbocycles. The molecule has 6 N–H and O–H groups in total. The first kappa shape index (κ1) is 34.1. The highest BCUT2D eigenvalue weighted by Gasteiger charge is 2.28. The number of imidazole rings is 1. The number of hydrogen-bond donors (Lipinski definition) is 4. The van der Waals surface area contributed by atoms with Gasteiger partial charge in [-0.15, -0.1) is 0 Å². The lowest BCUT2D eigenvalue weighted by Crippen LogP contribution is -2.40. The number of carbonyl (C=O) groups is 3. The Morgan fingerprint density at radius 1 is 1.02 bits per heavy atom. The molecule has 3 aromatic rings. The fourth-order valence-corrected chi connectivity index (χ4v) is 4.35. The molecule has 0 bridgehead atoms. The maximum atomic E-state index is 13.0. The second-order valence-corrected chi connectivity index (χ2v) is 10.2. The van der Waals surface area contributed by atoms with Crippen molar-refractivity contribution in [3.63, 3.8) is 0 Å². The highest BCUT2D eigenvalue weighted by atomic mass is 35.5. The van der Waals surface area contributed by atoms with E-state index in [-0.39, 0.29) is 52.9 Å². The SMILES string of the molecule is CC.CCNC(=O)c1cc2c(cc1OCC(=O)OC(C)(C)C)[n+](CC)c(CNC(=O)c1nc(Cl)c(N)nc1N)n2CC. The number of esters is 1. The number of nitrogen functional groups attached to an aromatic ring is 2. The monoisotopic (exact) mass is 605 g/mol. The van der Waals surface area contributed by atoms with Crippen molar-refractivity contribution in [1.29, 1.82) is 0 Å². The number of aryl methyl sites for hydroxylation is 2. The van der Waals surface area contributed by atoms with Crippen molar-refractivity contribution in [2.45, 2.75) is 80.6 Å². The van der Waals surface area contributed by atoms with Crippen molar-refractivity contribution in [3.05, 3.63) is 34.4 Å². The molecule has 0 saturated heterocycles. The zero-order chi connectivity index (χ0) is 31.8. The van der Waals surface area contributed by atoms with Crippen LogP contribution in [0.1, 0.15) is 82.1 Å². The molecular weight excluding hydrogens is 564 g/mol. The van der Waals surface area contributed by atoms with Gasteiger partial charge in [-0.1, -0.05) is 25.4 Å². The van der Waals surface area contributed by atoms with E-state index in [4.69, 9.17) is 32.5 Å². The molecule has 0 aliphatic carbocycles. The van der Waals surface area contributed by atoms with Crippen LogP contribution in [-0.4, -0.2) is 51.1 Å². The lowest BCUT2D eigenvalue weighted by molar-refractivity contribution is -0.676. The van der Waals surface area contributed by atoms with Crippen LogP contribution in [0.4, 0.5) is 11.6 Å². The number of nitrogens with one attached hydrogen (secondary N) is 2. The van der Waals surface area contributed by atoms with E-state index in [1.165, 1.54) is 0 Å². The summed E-state index contributed by atoms with van der Waals surface area (Å²) in [6, 6.07) is 3.43. The quantitative estimate of drug-likeness (QED) is 0.199. The van der Waals surface area contributed by atoms with Gasteiger partial charge in [0.25, 0.3) is 17.6 Å². The van der Waals surface area contributed by atoms with Crippen molar-refractivity contribution >= 4 is 52.1 Å². The van der Waals surface area contributed by atoms with E-state index >= 15 is 0 Å². The predicted molar refractivity (Wildman–Crippen MR) is 161 cm³/mol. The molecule has 2 heterocycles. The standard InChI is InChI=1S/C26H35ClN8O5.C2H6/c1-7-30-24(37)14-10-15-16(11-17(14)39-13-19(36)40-26(4,5)6)35(9-3)18(34(15)8-2)12-31-25(38)20-22(28)33-23(29)21(27)32-20;1-2/h10-11H,7-9,12-13H2,1-6H3,(H5-,28,29,30,31,33,37,38);1-2H3/p+1. The van der Waals surface area contributed by atoms with Crippen molar-refractivity contribution in [2.24, 2.45) is 0 Å². The van der Waals surface area contributed by atoms with Gasteiger partial charge >= 0.3 is 5.97 Å². The van der Waals surface area contributed by atoms with E-state index in [1.54, 1.807) is 32.9 Å². The number of nitrogens with two attached hydrogens (primary N) is 2. The Bertz CT molecular complexity index is 1450. The molecule has 0 fully saturated rings. The largest absolute Gasteiger partial charge is 0.481 e. The summed E-state index contributed by atoms with van der Waals surface area (Å²) in [6.45, 7) is 16.2. The van der Waals surface area contributed by atoms with Crippen LogP contribution < -0.4 is 31.4 Å². The second-order valence-electron chi connectivity index (χ2n) is 9.79. The van der Waals surface area contributed by atoms with Gasteiger partial charge in [0, 0.05) is 18.7 Å². The highest BCUT2D eigenvalue weighted by Crippen LogP contribution is 2.27. The van der Waals surface area contributed by atoms with Crippen LogP contribution in [0.2, 0.25) is 5.15 Å². The first-order valence-electron chi connectivity index (χ1n) is 13.9. The van der Waals surface area contributed by atoms with Crippen LogP contribution >= 0.6 is 11.6 Å². The zero-order valence-corrected chi connectivity index (χ0v) is 26.3. The molecule has 42 heavy (non-hydrogen) atoms. The number of carbonyl (C=O) groups excluding carboxylic acids is 3. The lowest BCUT2D eigenvalue weighted by atomic mass is 10.1. The Labute approximate surface area is 250 Å². The first-order chi connectivity index (χ1) is 19.8. The Hall–Kier alpha value is -4.13. The Morgan fingerprint density at radius 3 is 2.26 bits per heavy atom.